The number of hydrogen-bond donors (Lipinski definition) is 2. The van der Waals surface area contributed by atoms with Crippen molar-refractivity contribution in [2.24, 2.45) is 5.73 Å². The highest BCUT2D eigenvalue weighted by Crippen LogP contribution is 2.31. The van der Waals surface area contributed by atoms with Gasteiger partial charge in [0.25, 0.3) is 0 Å². The SMILES string of the molecule is COCc1cc(F)cc(OC)c1C(CN)C(=O)O. The summed E-state index contributed by atoms with van der Waals surface area (Å²) in [6.45, 7) is -0.0126. The molecule has 1 aromatic rings. The fraction of sp³-hybridized carbons (Fsp3) is 0.417. The number of rotatable bonds is 6. The van der Waals surface area contributed by atoms with Crippen molar-refractivity contribution in [3.05, 3.63) is 29.1 Å². The zero-order valence-corrected chi connectivity index (χ0v) is 10.3. The van der Waals surface area contributed by atoms with E-state index in [1.165, 1.54) is 20.3 Å². The number of halogens is 1. The van der Waals surface area contributed by atoms with E-state index in [-0.39, 0.29) is 18.9 Å². The summed E-state index contributed by atoms with van der Waals surface area (Å²) in [7, 11) is 2.80. The molecular weight excluding hydrogens is 241 g/mol. The molecule has 0 heterocycles. The second-order valence-corrected chi connectivity index (χ2v) is 3.74. The number of carboxylic acids is 1. The third kappa shape index (κ3) is 2.96. The lowest BCUT2D eigenvalue weighted by atomic mass is 9.93. The molecule has 0 amide bonds. The summed E-state index contributed by atoms with van der Waals surface area (Å²) in [6.07, 6.45) is 0. The van der Waals surface area contributed by atoms with E-state index in [2.05, 4.69) is 0 Å². The molecule has 1 unspecified atom stereocenters. The van der Waals surface area contributed by atoms with Crippen LogP contribution in [0.3, 0.4) is 0 Å². The van der Waals surface area contributed by atoms with E-state index in [4.69, 9.17) is 20.3 Å². The molecule has 1 aromatic carbocycles. The van der Waals surface area contributed by atoms with Crippen LogP contribution in [0.1, 0.15) is 17.0 Å². The Labute approximate surface area is 104 Å². The smallest absolute Gasteiger partial charge is 0.312 e. The van der Waals surface area contributed by atoms with Gasteiger partial charge in [-0.15, -0.1) is 0 Å². The molecule has 5 nitrogen and oxygen atoms in total. The zero-order chi connectivity index (χ0) is 13.7. The van der Waals surface area contributed by atoms with Gasteiger partial charge in [0.1, 0.15) is 11.6 Å². The summed E-state index contributed by atoms with van der Waals surface area (Å²) in [5.74, 6) is -2.38. The van der Waals surface area contributed by atoms with Crippen molar-refractivity contribution >= 4 is 5.97 Å². The van der Waals surface area contributed by atoms with Crippen molar-refractivity contribution < 1.29 is 23.8 Å². The summed E-state index contributed by atoms with van der Waals surface area (Å²) in [4.78, 5) is 11.2. The molecular formula is C12H16FNO4. The lowest BCUT2D eigenvalue weighted by Gasteiger charge is -2.18. The van der Waals surface area contributed by atoms with Gasteiger partial charge in [0, 0.05) is 25.3 Å². The number of benzene rings is 1. The standard InChI is InChI=1S/C12H16FNO4/c1-17-6-7-3-8(13)4-10(18-2)11(7)9(5-14)12(15)16/h3-4,9H,5-6,14H2,1-2H3,(H,15,16). The van der Waals surface area contributed by atoms with Gasteiger partial charge in [-0.3, -0.25) is 4.79 Å². The van der Waals surface area contributed by atoms with Crippen molar-refractivity contribution in [2.75, 3.05) is 20.8 Å². The predicted octanol–water partition coefficient (Wildman–Crippen LogP) is 1.11. The van der Waals surface area contributed by atoms with Crippen LogP contribution in [0.4, 0.5) is 4.39 Å². The van der Waals surface area contributed by atoms with E-state index in [0.29, 0.717) is 11.1 Å². The monoisotopic (exact) mass is 257 g/mol. The van der Waals surface area contributed by atoms with E-state index in [9.17, 15) is 9.18 Å². The number of ether oxygens (including phenoxy) is 2. The van der Waals surface area contributed by atoms with Crippen LogP contribution in [0, 0.1) is 5.82 Å². The maximum atomic E-state index is 13.4. The second-order valence-electron chi connectivity index (χ2n) is 3.74. The van der Waals surface area contributed by atoms with Crippen LogP contribution in [-0.2, 0) is 16.1 Å². The van der Waals surface area contributed by atoms with Crippen molar-refractivity contribution in [3.63, 3.8) is 0 Å². The van der Waals surface area contributed by atoms with Crippen molar-refractivity contribution in [3.8, 4) is 5.75 Å². The first-order chi connectivity index (χ1) is 8.54. The normalized spacial score (nSPS) is 12.2. The first-order valence-electron chi connectivity index (χ1n) is 5.33. The van der Waals surface area contributed by atoms with Crippen LogP contribution < -0.4 is 10.5 Å². The van der Waals surface area contributed by atoms with Gasteiger partial charge in [-0.1, -0.05) is 0 Å². The molecule has 3 N–H and O–H groups in total. The van der Waals surface area contributed by atoms with Gasteiger partial charge in [-0.2, -0.15) is 0 Å². The summed E-state index contributed by atoms with van der Waals surface area (Å²) >= 11 is 0. The average Bonchev–Trinajstić information content (AvgIpc) is 2.32. The maximum absolute atomic E-state index is 13.4. The fourth-order valence-corrected chi connectivity index (χ4v) is 1.83. The molecule has 0 spiro atoms. The highest BCUT2D eigenvalue weighted by Gasteiger charge is 2.26. The summed E-state index contributed by atoms with van der Waals surface area (Å²) in [6, 6.07) is 2.37. The van der Waals surface area contributed by atoms with Crippen LogP contribution >= 0.6 is 0 Å². The van der Waals surface area contributed by atoms with Crippen molar-refractivity contribution in [1.29, 1.82) is 0 Å². The van der Waals surface area contributed by atoms with Gasteiger partial charge in [0.2, 0.25) is 0 Å². The van der Waals surface area contributed by atoms with Crippen LogP contribution in [0.15, 0.2) is 12.1 Å². The summed E-state index contributed by atoms with van der Waals surface area (Å²) < 4.78 is 23.3. The van der Waals surface area contributed by atoms with E-state index in [1.54, 1.807) is 0 Å². The van der Waals surface area contributed by atoms with Gasteiger partial charge >= 0.3 is 5.97 Å². The molecule has 0 bridgehead atoms. The minimum absolute atomic E-state index is 0.0905. The van der Waals surface area contributed by atoms with Crippen LogP contribution in [0.5, 0.6) is 5.75 Å². The molecule has 0 saturated carbocycles. The summed E-state index contributed by atoms with van der Waals surface area (Å²) in [5.41, 5.74) is 6.24. The Hall–Kier alpha value is -1.66. The predicted molar refractivity (Wildman–Crippen MR) is 63.1 cm³/mol. The first-order valence-corrected chi connectivity index (χ1v) is 5.33. The van der Waals surface area contributed by atoms with Crippen LogP contribution in [0.2, 0.25) is 0 Å². The Morgan fingerprint density at radius 2 is 2.17 bits per heavy atom. The Bertz CT molecular complexity index is 436. The fourth-order valence-electron chi connectivity index (χ4n) is 1.83. The number of carboxylic acid groups (broad SMARTS) is 1. The lowest BCUT2D eigenvalue weighted by Crippen LogP contribution is -2.23. The third-order valence-corrected chi connectivity index (χ3v) is 2.59. The van der Waals surface area contributed by atoms with Crippen molar-refractivity contribution in [2.45, 2.75) is 12.5 Å². The number of hydrogen-bond acceptors (Lipinski definition) is 4. The molecule has 18 heavy (non-hydrogen) atoms. The quantitative estimate of drug-likeness (QED) is 0.797. The molecule has 100 valence electrons. The number of nitrogens with two attached hydrogens (primary N) is 1. The topological polar surface area (TPSA) is 81.8 Å². The number of aliphatic carboxylic acids is 1. The Morgan fingerprint density at radius 1 is 1.50 bits per heavy atom. The molecule has 0 fully saturated rings. The Kier molecular flexibility index (Phi) is 5.06. The minimum Gasteiger partial charge on any atom is -0.496 e. The Balaban J connectivity index is 3.40. The molecule has 0 aliphatic carbocycles. The maximum Gasteiger partial charge on any atom is 0.312 e. The highest BCUT2D eigenvalue weighted by atomic mass is 19.1. The first kappa shape index (κ1) is 14.4. The number of carbonyl (C=O) groups is 1. The molecule has 0 aromatic heterocycles. The molecule has 1 rings (SSSR count). The van der Waals surface area contributed by atoms with E-state index >= 15 is 0 Å². The third-order valence-electron chi connectivity index (χ3n) is 2.59. The van der Waals surface area contributed by atoms with Crippen LogP contribution in [-0.4, -0.2) is 31.8 Å². The molecule has 6 heteroatoms. The molecule has 0 aliphatic rings. The molecule has 1 atom stereocenters. The lowest BCUT2D eigenvalue weighted by molar-refractivity contribution is -0.138. The van der Waals surface area contributed by atoms with E-state index in [1.807, 2.05) is 0 Å². The Morgan fingerprint density at radius 3 is 2.61 bits per heavy atom. The molecule has 0 radical (unpaired) electrons. The minimum atomic E-state index is -1.08. The van der Waals surface area contributed by atoms with Gasteiger partial charge in [-0.25, -0.2) is 4.39 Å². The summed E-state index contributed by atoms with van der Waals surface area (Å²) in [5, 5.41) is 9.14. The average molecular weight is 257 g/mol. The number of methoxy groups -OCH3 is 2. The van der Waals surface area contributed by atoms with E-state index in [0.717, 1.165) is 6.07 Å². The zero-order valence-electron chi connectivity index (χ0n) is 10.3. The largest absolute Gasteiger partial charge is 0.496 e. The van der Waals surface area contributed by atoms with Crippen molar-refractivity contribution in [1.82, 2.24) is 0 Å². The molecule has 0 aliphatic heterocycles. The second kappa shape index (κ2) is 6.32. The van der Waals surface area contributed by atoms with Gasteiger partial charge in [0.15, 0.2) is 0 Å². The van der Waals surface area contributed by atoms with Gasteiger partial charge in [0.05, 0.1) is 19.6 Å². The van der Waals surface area contributed by atoms with E-state index < -0.39 is 17.7 Å². The van der Waals surface area contributed by atoms with Gasteiger partial charge in [-0.05, 0) is 11.6 Å². The van der Waals surface area contributed by atoms with Gasteiger partial charge < -0.3 is 20.3 Å². The highest BCUT2D eigenvalue weighted by molar-refractivity contribution is 5.78. The molecule has 0 saturated heterocycles. The van der Waals surface area contributed by atoms with Crippen LogP contribution in [0.25, 0.3) is 0 Å².